The van der Waals surface area contributed by atoms with E-state index in [2.05, 4.69) is 136 Å². The van der Waals surface area contributed by atoms with Gasteiger partial charge in [0.1, 0.15) is 0 Å². The molecule has 3 rings (SSSR count). The number of benzene rings is 3. The molecule has 2 nitrogen and oxygen atoms in total. The molecule has 0 aliphatic rings. The first kappa shape index (κ1) is 27.0. The van der Waals surface area contributed by atoms with Gasteiger partial charge in [-0.1, -0.05) is 111 Å². The topological polar surface area (TPSA) is 12.5 Å². The summed E-state index contributed by atoms with van der Waals surface area (Å²) in [6, 6.07) is 31.9. The van der Waals surface area contributed by atoms with Crippen LogP contribution in [0, 0.1) is 11.8 Å². The average molecular weight is 484 g/mol. The Morgan fingerprint density at radius 3 is 1.74 bits per heavy atom. The number of hydrogen-bond donors (Lipinski definition) is 0. The van der Waals surface area contributed by atoms with Crippen LogP contribution in [0.25, 0.3) is 0 Å². The molecule has 0 saturated carbocycles. The quantitative estimate of drug-likeness (QED) is 0.165. The predicted octanol–water partition coefficient (Wildman–Crippen LogP) is 7.91. The third-order valence-electron chi connectivity index (χ3n) is 6.95. The molecule has 1 unspecified atom stereocenters. The summed E-state index contributed by atoms with van der Waals surface area (Å²) in [7, 11) is -1.75. The lowest BCUT2D eigenvalue weighted by atomic mass is 10.1. The fraction of sp³-hybridized carbons (Fsp3) is 0.375. The van der Waals surface area contributed by atoms with Crippen molar-refractivity contribution in [2.75, 3.05) is 6.61 Å². The molecule has 0 heterocycles. The van der Waals surface area contributed by atoms with Gasteiger partial charge in [0, 0.05) is 25.3 Å². The third kappa shape index (κ3) is 8.82. The van der Waals surface area contributed by atoms with Gasteiger partial charge in [0.05, 0.1) is 6.04 Å². The highest BCUT2D eigenvalue weighted by Gasteiger charge is 2.36. The molecule has 0 amide bonds. The van der Waals surface area contributed by atoms with Crippen LogP contribution in [0.1, 0.15) is 50.3 Å². The zero-order valence-corrected chi connectivity index (χ0v) is 23.1. The number of hydrogen-bond acceptors (Lipinski definition) is 2. The zero-order valence-electron chi connectivity index (χ0n) is 22.1. The lowest BCUT2D eigenvalue weighted by Crippen LogP contribution is -2.41. The van der Waals surface area contributed by atoms with Crippen molar-refractivity contribution in [1.82, 2.24) is 4.90 Å². The fourth-order valence-electron chi connectivity index (χ4n) is 3.77. The highest BCUT2D eigenvalue weighted by molar-refractivity contribution is 6.74. The molecule has 3 aromatic carbocycles. The Morgan fingerprint density at radius 1 is 0.771 bits per heavy atom. The van der Waals surface area contributed by atoms with Gasteiger partial charge in [0.2, 0.25) is 0 Å². The normalized spacial score (nSPS) is 12.7. The second kappa shape index (κ2) is 12.9. The highest BCUT2D eigenvalue weighted by Crippen LogP contribution is 2.36. The van der Waals surface area contributed by atoms with Crippen molar-refractivity contribution >= 4 is 8.32 Å². The summed E-state index contributed by atoms with van der Waals surface area (Å²) >= 11 is 0. The minimum absolute atomic E-state index is 0.138. The van der Waals surface area contributed by atoms with E-state index < -0.39 is 8.32 Å². The Bertz CT molecular complexity index is 1020. The standard InChI is InChI=1S/C32H41NOSi/c1-32(2,3)35(4,5)34-25-15-22-31(24-23-28-16-9-6-10-17-28)33(26-29-18-11-7-12-19-29)27-30-20-13-8-14-21-30/h6-14,16-21,31H,15,22,25-27H2,1-5H3. The van der Waals surface area contributed by atoms with Gasteiger partial charge in [-0.25, -0.2) is 0 Å². The molecular weight excluding hydrogens is 442 g/mol. The Balaban J connectivity index is 1.81. The van der Waals surface area contributed by atoms with Gasteiger partial charge in [-0.15, -0.1) is 0 Å². The largest absolute Gasteiger partial charge is 0.417 e. The van der Waals surface area contributed by atoms with Crippen molar-refractivity contribution in [3.63, 3.8) is 0 Å². The van der Waals surface area contributed by atoms with E-state index in [0.29, 0.717) is 0 Å². The Kier molecular flexibility index (Phi) is 9.92. The SMILES string of the molecule is CC(C)(C)[Si](C)(C)OCCCC(C#Cc1ccccc1)N(Cc1ccccc1)Cc1ccccc1. The van der Waals surface area contributed by atoms with Gasteiger partial charge in [-0.3, -0.25) is 4.90 Å². The molecule has 0 radical (unpaired) electrons. The van der Waals surface area contributed by atoms with E-state index in [1.54, 1.807) is 0 Å². The van der Waals surface area contributed by atoms with Crippen LogP contribution in [0.15, 0.2) is 91.0 Å². The van der Waals surface area contributed by atoms with Crippen LogP contribution in [-0.2, 0) is 17.5 Å². The van der Waals surface area contributed by atoms with Crippen molar-refractivity contribution in [1.29, 1.82) is 0 Å². The molecule has 35 heavy (non-hydrogen) atoms. The summed E-state index contributed by atoms with van der Waals surface area (Å²) in [5.74, 6) is 7.09. The Morgan fingerprint density at radius 2 is 1.26 bits per heavy atom. The van der Waals surface area contributed by atoms with E-state index in [1.165, 1.54) is 11.1 Å². The summed E-state index contributed by atoms with van der Waals surface area (Å²) < 4.78 is 6.50. The van der Waals surface area contributed by atoms with Gasteiger partial charge in [0.15, 0.2) is 8.32 Å². The molecule has 184 valence electrons. The molecular formula is C32H41NOSi. The van der Waals surface area contributed by atoms with Crippen molar-refractivity contribution in [3.8, 4) is 11.8 Å². The summed E-state index contributed by atoms with van der Waals surface area (Å²) in [5.41, 5.74) is 3.69. The van der Waals surface area contributed by atoms with E-state index in [9.17, 15) is 0 Å². The average Bonchev–Trinajstić information content (AvgIpc) is 2.84. The fourth-order valence-corrected chi connectivity index (χ4v) is 4.85. The van der Waals surface area contributed by atoms with E-state index in [1.807, 2.05) is 6.07 Å². The molecule has 0 aliphatic carbocycles. The van der Waals surface area contributed by atoms with Crippen molar-refractivity contribution < 1.29 is 4.43 Å². The minimum Gasteiger partial charge on any atom is -0.417 e. The van der Waals surface area contributed by atoms with E-state index in [-0.39, 0.29) is 11.1 Å². The van der Waals surface area contributed by atoms with E-state index in [4.69, 9.17) is 4.43 Å². The van der Waals surface area contributed by atoms with Crippen molar-refractivity contribution in [3.05, 3.63) is 108 Å². The maximum absolute atomic E-state index is 6.50. The molecule has 0 bridgehead atoms. The number of nitrogens with zero attached hydrogens (tertiary/aromatic N) is 1. The predicted molar refractivity (Wildman–Crippen MR) is 152 cm³/mol. The molecule has 0 saturated heterocycles. The zero-order chi connectivity index (χ0) is 25.2. The monoisotopic (exact) mass is 483 g/mol. The maximum Gasteiger partial charge on any atom is 0.191 e. The first-order valence-electron chi connectivity index (χ1n) is 12.8. The third-order valence-corrected chi connectivity index (χ3v) is 11.5. The molecule has 0 fully saturated rings. The molecule has 1 atom stereocenters. The summed E-state index contributed by atoms with van der Waals surface area (Å²) in [6.45, 7) is 14.1. The second-order valence-electron chi connectivity index (χ2n) is 10.8. The molecule has 0 aromatic heterocycles. The summed E-state index contributed by atoms with van der Waals surface area (Å²) in [4.78, 5) is 2.52. The number of rotatable bonds is 10. The molecule has 0 spiro atoms. The summed E-state index contributed by atoms with van der Waals surface area (Å²) in [6.07, 6.45) is 1.98. The van der Waals surface area contributed by atoms with E-state index in [0.717, 1.165) is 38.1 Å². The molecule has 0 aliphatic heterocycles. The van der Waals surface area contributed by atoms with Crippen LogP contribution in [0.3, 0.4) is 0 Å². The first-order valence-corrected chi connectivity index (χ1v) is 15.7. The maximum atomic E-state index is 6.50. The van der Waals surface area contributed by atoms with Crippen LogP contribution in [0.2, 0.25) is 18.1 Å². The van der Waals surface area contributed by atoms with Crippen LogP contribution in [0.5, 0.6) is 0 Å². The smallest absolute Gasteiger partial charge is 0.191 e. The molecule has 3 aromatic rings. The second-order valence-corrected chi connectivity index (χ2v) is 15.6. The summed E-state index contributed by atoms with van der Waals surface area (Å²) in [5, 5.41) is 0.228. The van der Waals surface area contributed by atoms with Crippen LogP contribution in [0.4, 0.5) is 0 Å². The van der Waals surface area contributed by atoms with Gasteiger partial charge >= 0.3 is 0 Å². The molecule has 3 heteroatoms. The minimum atomic E-state index is -1.75. The van der Waals surface area contributed by atoms with E-state index >= 15 is 0 Å². The first-order chi connectivity index (χ1) is 16.7. The van der Waals surface area contributed by atoms with Gasteiger partial charge in [0.25, 0.3) is 0 Å². The van der Waals surface area contributed by atoms with Crippen LogP contribution in [-0.4, -0.2) is 25.9 Å². The molecule has 0 N–H and O–H groups in total. The van der Waals surface area contributed by atoms with Gasteiger partial charge in [-0.05, 0) is 54.2 Å². The van der Waals surface area contributed by atoms with Crippen molar-refractivity contribution in [2.45, 2.75) is 70.9 Å². The lowest BCUT2D eigenvalue weighted by molar-refractivity contribution is 0.193. The Labute approximate surface area is 214 Å². The lowest BCUT2D eigenvalue weighted by Gasteiger charge is -2.36. The highest BCUT2D eigenvalue weighted by atomic mass is 28.4. The van der Waals surface area contributed by atoms with Crippen LogP contribution < -0.4 is 0 Å². The van der Waals surface area contributed by atoms with Crippen molar-refractivity contribution in [2.24, 2.45) is 0 Å². The van der Waals surface area contributed by atoms with Gasteiger partial charge < -0.3 is 4.43 Å². The van der Waals surface area contributed by atoms with Crippen LogP contribution >= 0.6 is 0 Å². The Hall–Kier alpha value is -2.64. The van der Waals surface area contributed by atoms with Gasteiger partial charge in [-0.2, -0.15) is 0 Å².